The van der Waals surface area contributed by atoms with Crippen LogP contribution >= 0.6 is 15.9 Å². The summed E-state index contributed by atoms with van der Waals surface area (Å²) in [5, 5.41) is 2.47. The van der Waals surface area contributed by atoms with E-state index in [0.29, 0.717) is 21.7 Å². The van der Waals surface area contributed by atoms with Crippen molar-refractivity contribution in [1.29, 1.82) is 0 Å². The highest BCUT2D eigenvalue weighted by Gasteiger charge is 2.34. The zero-order valence-electron chi connectivity index (χ0n) is 8.59. The smallest absolute Gasteiger partial charge is 0.297 e. The molecule has 1 aliphatic heterocycles. The summed E-state index contributed by atoms with van der Waals surface area (Å²) in [6.07, 6.45) is 0. The molecule has 2 rings (SSSR count). The molecule has 0 bridgehead atoms. The molecule has 0 atom stereocenters. The molecular weight excluding hydrogens is 278 g/mol. The average molecular weight is 286 g/mol. The molecule has 1 heterocycles. The van der Waals surface area contributed by atoms with Crippen molar-refractivity contribution >= 4 is 33.3 Å². The van der Waals surface area contributed by atoms with Gasteiger partial charge in [0.1, 0.15) is 11.5 Å². The van der Waals surface area contributed by atoms with Gasteiger partial charge >= 0.3 is 0 Å². The van der Waals surface area contributed by atoms with Gasteiger partial charge in [0.2, 0.25) is 0 Å². The largest absolute Gasteiger partial charge is 0.496 e. The number of carbonyl (C=O) groups is 2. The van der Waals surface area contributed by atoms with Crippen molar-refractivity contribution in [2.75, 3.05) is 19.5 Å². The molecule has 84 valence electrons. The second-order valence-electron chi connectivity index (χ2n) is 3.13. The lowest BCUT2D eigenvalue weighted by molar-refractivity contribution is -0.112. The first-order valence-electron chi connectivity index (χ1n) is 4.40. The van der Waals surface area contributed by atoms with E-state index in [-0.39, 0.29) is 5.56 Å². The molecule has 0 radical (unpaired) electrons. The molecule has 0 saturated heterocycles. The molecule has 0 fully saturated rings. The van der Waals surface area contributed by atoms with Gasteiger partial charge in [-0.05, 0) is 15.9 Å². The molecule has 16 heavy (non-hydrogen) atoms. The van der Waals surface area contributed by atoms with Gasteiger partial charge in [0.05, 0.1) is 29.9 Å². The van der Waals surface area contributed by atoms with E-state index >= 15 is 0 Å². The number of ketones is 1. The predicted octanol–water partition coefficient (Wildman–Crippen LogP) is 1.60. The number of rotatable bonds is 2. The highest BCUT2D eigenvalue weighted by atomic mass is 79.9. The Morgan fingerprint density at radius 1 is 1.19 bits per heavy atom. The van der Waals surface area contributed by atoms with E-state index in [1.54, 1.807) is 6.07 Å². The zero-order valence-corrected chi connectivity index (χ0v) is 10.2. The van der Waals surface area contributed by atoms with Crippen LogP contribution in [0.4, 0.5) is 5.69 Å². The monoisotopic (exact) mass is 285 g/mol. The second kappa shape index (κ2) is 3.79. The minimum Gasteiger partial charge on any atom is -0.496 e. The number of nitrogens with one attached hydrogen (secondary N) is 1. The summed E-state index contributed by atoms with van der Waals surface area (Å²) in [4.78, 5) is 22.8. The van der Waals surface area contributed by atoms with Gasteiger partial charge in [0.15, 0.2) is 0 Å². The van der Waals surface area contributed by atoms with Gasteiger partial charge in [-0.1, -0.05) is 0 Å². The summed E-state index contributed by atoms with van der Waals surface area (Å²) in [5.41, 5.74) is 0.631. The van der Waals surface area contributed by atoms with E-state index in [2.05, 4.69) is 21.2 Å². The minimum absolute atomic E-state index is 0.236. The molecule has 0 aliphatic carbocycles. The number of Topliss-reactive ketones (excluding diaryl/α,β-unsaturated/α-hetero) is 1. The Balaban J connectivity index is 2.73. The van der Waals surface area contributed by atoms with Crippen molar-refractivity contribution in [1.82, 2.24) is 0 Å². The lowest BCUT2D eigenvalue weighted by Gasteiger charge is -2.11. The molecule has 1 aromatic carbocycles. The number of hydrogen-bond acceptors (Lipinski definition) is 4. The first-order chi connectivity index (χ1) is 7.60. The van der Waals surface area contributed by atoms with Crippen LogP contribution in [0.5, 0.6) is 11.5 Å². The SMILES string of the molecule is COc1cc(OC)c2c(c1Br)NC(=O)C2=O. The van der Waals surface area contributed by atoms with E-state index in [4.69, 9.17) is 9.47 Å². The van der Waals surface area contributed by atoms with Crippen LogP contribution in [0.2, 0.25) is 0 Å². The van der Waals surface area contributed by atoms with Crippen molar-refractivity contribution in [3.8, 4) is 11.5 Å². The number of amides is 1. The number of benzene rings is 1. The van der Waals surface area contributed by atoms with Crippen molar-refractivity contribution in [2.24, 2.45) is 0 Å². The number of anilines is 1. The molecule has 0 unspecified atom stereocenters. The summed E-state index contributed by atoms with van der Waals surface area (Å²) >= 11 is 3.26. The molecule has 0 saturated carbocycles. The predicted molar refractivity (Wildman–Crippen MR) is 60.2 cm³/mol. The molecule has 1 N–H and O–H groups in total. The number of ether oxygens (including phenoxy) is 2. The zero-order chi connectivity index (χ0) is 11.9. The highest BCUT2D eigenvalue weighted by Crippen LogP contribution is 2.43. The lowest BCUT2D eigenvalue weighted by atomic mass is 10.1. The fourth-order valence-corrected chi connectivity index (χ4v) is 2.12. The Labute approximate surface area is 99.9 Å². The average Bonchev–Trinajstić information content (AvgIpc) is 2.58. The van der Waals surface area contributed by atoms with Gasteiger partial charge < -0.3 is 14.8 Å². The molecule has 0 spiro atoms. The maximum Gasteiger partial charge on any atom is 0.297 e. The molecule has 1 aliphatic rings. The number of fused-ring (bicyclic) bond motifs is 1. The number of methoxy groups -OCH3 is 2. The summed E-state index contributed by atoms with van der Waals surface area (Å²) < 4.78 is 10.7. The van der Waals surface area contributed by atoms with Crippen molar-refractivity contribution in [3.05, 3.63) is 16.1 Å². The minimum atomic E-state index is -0.665. The van der Waals surface area contributed by atoms with Crippen LogP contribution in [-0.2, 0) is 4.79 Å². The van der Waals surface area contributed by atoms with Gasteiger partial charge in [0, 0.05) is 6.07 Å². The van der Waals surface area contributed by atoms with Gasteiger partial charge in [-0.2, -0.15) is 0 Å². The molecule has 0 aromatic heterocycles. The quantitative estimate of drug-likeness (QED) is 0.839. The van der Waals surface area contributed by atoms with Gasteiger partial charge in [0.25, 0.3) is 11.7 Å². The Morgan fingerprint density at radius 2 is 1.81 bits per heavy atom. The van der Waals surface area contributed by atoms with E-state index in [9.17, 15) is 9.59 Å². The third kappa shape index (κ3) is 1.37. The van der Waals surface area contributed by atoms with E-state index in [1.807, 2.05) is 0 Å². The Kier molecular flexibility index (Phi) is 2.59. The standard InChI is InChI=1S/C10H8BrNO4/c1-15-4-3-5(16-2)7(11)8-6(4)9(13)10(14)12-8/h3H,1-2H3,(H,12,13,14). The van der Waals surface area contributed by atoms with Crippen molar-refractivity contribution in [3.63, 3.8) is 0 Å². The van der Waals surface area contributed by atoms with E-state index in [0.717, 1.165) is 0 Å². The molecule has 6 heteroatoms. The maximum atomic E-state index is 11.6. The Hall–Kier alpha value is -1.56. The van der Waals surface area contributed by atoms with Crippen LogP contribution in [0.3, 0.4) is 0 Å². The van der Waals surface area contributed by atoms with Gasteiger partial charge in [-0.15, -0.1) is 0 Å². The maximum absolute atomic E-state index is 11.6. The highest BCUT2D eigenvalue weighted by molar-refractivity contribution is 9.10. The Morgan fingerprint density at radius 3 is 2.38 bits per heavy atom. The number of hydrogen-bond donors (Lipinski definition) is 1. The third-order valence-corrected chi connectivity index (χ3v) is 3.09. The van der Waals surface area contributed by atoms with Crippen LogP contribution in [-0.4, -0.2) is 25.9 Å². The fourth-order valence-electron chi connectivity index (χ4n) is 1.55. The second-order valence-corrected chi connectivity index (χ2v) is 3.92. The summed E-state index contributed by atoms with van der Waals surface area (Å²) in [6, 6.07) is 1.56. The normalized spacial score (nSPS) is 13.4. The molecular formula is C10H8BrNO4. The number of halogens is 1. The topological polar surface area (TPSA) is 64.6 Å². The first kappa shape index (κ1) is 10.9. The van der Waals surface area contributed by atoms with Crippen LogP contribution in [0.1, 0.15) is 10.4 Å². The summed E-state index contributed by atoms with van der Waals surface area (Å²) in [6.45, 7) is 0. The van der Waals surface area contributed by atoms with Crippen LogP contribution < -0.4 is 14.8 Å². The third-order valence-electron chi connectivity index (χ3n) is 2.31. The van der Waals surface area contributed by atoms with Crippen LogP contribution in [0, 0.1) is 0 Å². The van der Waals surface area contributed by atoms with Gasteiger partial charge in [-0.25, -0.2) is 0 Å². The summed E-state index contributed by atoms with van der Waals surface area (Å²) in [5.74, 6) is -0.457. The van der Waals surface area contributed by atoms with E-state index in [1.165, 1.54) is 14.2 Å². The van der Waals surface area contributed by atoms with Crippen LogP contribution in [0.25, 0.3) is 0 Å². The Bertz CT molecular complexity index is 498. The van der Waals surface area contributed by atoms with E-state index < -0.39 is 11.7 Å². The molecule has 5 nitrogen and oxygen atoms in total. The molecule has 1 amide bonds. The lowest BCUT2D eigenvalue weighted by Crippen LogP contribution is -2.12. The summed E-state index contributed by atoms with van der Waals surface area (Å²) in [7, 11) is 2.92. The molecule has 1 aromatic rings. The van der Waals surface area contributed by atoms with Crippen molar-refractivity contribution in [2.45, 2.75) is 0 Å². The van der Waals surface area contributed by atoms with Crippen molar-refractivity contribution < 1.29 is 19.1 Å². The fraction of sp³-hybridized carbons (Fsp3) is 0.200. The van der Waals surface area contributed by atoms with Crippen LogP contribution in [0.15, 0.2) is 10.5 Å². The first-order valence-corrected chi connectivity index (χ1v) is 5.19. The number of carbonyl (C=O) groups excluding carboxylic acids is 2. The van der Waals surface area contributed by atoms with Gasteiger partial charge in [-0.3, -0.25) is 9.59 Å².